The molecule has 0 aliphatic rings. The molecule has 128 valence electrons. The van der Waals surface area contributed by atoms with Crippen molar-refractivity contribution in [2.75, 3.05) is 5.32 Å². The van der Waals surface area contributed by atoms with Crippen LogP contribution in [0.25, 0.3) is 22.0 Å². The number of carbonyl (C=O) groups is 1. The van der Waals surface area contributed by atoms with Gasteiger partial charge in [0.15, 0.2) is 5.13 Å². The van der Waals surface area contributed by atoms with Gasteiger partial charge in [-0.1, -0.05) is 58.4 Å². The van der Waals surface area contributed by atoms with Crippen molar-refractivity contribution < 1.29 is 9.90 Å². The Morgan fingerprint density at radius 2 is 1.81 bits per heavy atom. The van der Waals surface area contributed by atoms with E-state index in [1.807, 2.05) is 53.9 Å². The molecule has 0 saturated carbocycles. The van der Waals surface area contributed by atoms with E-state index < -0.39 is 0 Å². The minimum Gasteiger partial charge on any atom is -0.506 e. The lowest BCUT2D eigenvalue weighted by Crippen LogP contribution is -2.12. The maximum Gasteiger partial charge on any atom is 0.261 e. The van der Waals surface area contributed by atoms with E-state index >= 15 is 0 Å². The molecule has 3 aromatic carbocycles. The molecule has 1 heterocycles. The predicted octanol–water partition coefficient (Wildman–Crippen LogP) is 5.68. The summed E-state index contributed by atoms with van der Waals surface area (Å²) in [6.07, 6.45) is 0. The molecule has 4 nitrogen and oxygen atoms in total. The number of hydrogen-bond donors (Lipinski definition) is 2. The Kier molecular flexibility index (Phi) is 4.44. The number of amides is 1. The lowest BCUT2D eigenvalue weighted by Gasteiger charge is -2.07. The molecule has 4 aromatic rings. The van der Waals surface area contributed by atoms with Gasteiger partial charge in [0.1, 0.15) is 5.75 Å². The van der Waals surface area contributed by atoms with Crippen molar-refractivity contribution in [1.82, 2.24) is 4.98 Å². The maximum atomic E-state index is 12.6. The van der Waals surface area contributed by atoms with E-state index in [4.69, 9.17) is 0 Å². The molecule has 0 unspecified atom stereocenters. The predicted molar refractivity (Wildman–Crippen MR) is 109 cm³/mol. The second kappa shape index (κ2) is 6.90. The summed E-state index contributed by atoms with van der Waals surface area (Å²) < 4.78 is 0.997. The van der Waals surface area contributed by atoms with Crippen molar-refractivity contribution in [3.63, 3.8) is 0 Å². The lowest BCUT2D eigenvalue weighted by molar-refractivity contribution is 0.102. The van der Waals surface area contributed by atoms with Crippen LogP contribution in [0.3, 0.4) is 0 Å². The summed E-state index contributed by atoms with van der Waals surface area (Å²) in [6, 6.07) is 18.6. The standard InChI is InChI=1S/C20H13BrN2O2S/c21-14-8-5-13(6-9-14)17-11-26-20(22-17)23-19(25)16-10-7-12-3-1-2-4-15(12)18(16)24/h1-11,24H,(H,22,23,25). The molecule has 1 amide bonds. The molecule has 0 atom stereocenters. The van der Waals surface area contributed by atoms with Crippen LogP contribution in [-0.4, -0.2) is 16.0 Å². The molecule has 0 aliphatic carbocycles. The van der Waals surface area contributed by atoms with Gasteiger partial charge in [-0.25, -0.2) is 4.98 Å². The molecule has 6 heteroatoms. The lowest BCUT2D eigenvalue weighted by atomic mass is 10.1. The van der Waals surface area contributed by atoms with Gasteiger partial charge in [-0.05, 0) is 23.6 Å². The number of hydrogen-bond acceptors (Lipinski definition) is 4. The fraction of sp³-hybridized carbons (Fsp3) is 0. The summed E-state index contributed by atoms with van der Waals surface area (Å²) in [5.41, 5.74) is 1.99. The zero-order valence-corrected chi connectivity index (χ0v) is 15.8. The van der Waals surface area contributed by atoms with Crippen LogP contribution in [0.15, 0.2) is 70.5 Å². The highest BCUT2D eigenvalue weighted by Crippen LogP contribution is 2.30. The van der Waals surface area contributed by atoms with Crippen molar-refractivity contribution in [3.05, 3.63) is 76.1 Å². The van der Waals surface area contributed by atoms with Crippen LogP contribution in [0.4, 0.5) is 5.13 Å². The average Bonchev–Trinajstić information content (AvgIpc) is 3.11. The molecule has 0 radical (unpaired) electrons. The van der Waals surface area contributed by atoms with Crippen LogP contribution in [0.2, 0.25) is 0 Å². The summed E-state index contributed by atoms with van der Waals surface area (Å²) in [7, 11) is 0. The molecule has 4 rings (SSSR count). The average molecular weight is 425 g/mol. The molecule has 0 spiro atoms. The van der Waals surface area contributed by atoms with Gasteiger partial charge in [0.2, 0.25) is 0 Å². The first-order chi connectivity index (χ1) is 12.6. The molecule has 0 aliphatic heterocycles. The molecule has 0 saturated heterocycles. The Morgan fingerprint density at radius 3 is 2.62 bits per heavy atom. The highest BCUT2D eigenvalue weighted by molar-refractivity contribution is 9.10. The molecule has 2 N–H and O–H groups in total. The Bertz CT molecular complexity index is 1110. The molecule has 0 bridgehead atoms. The Morgan fingerprint density at radius 1 is 1.04 bits per heavy atom. The zero-order valence-electron chi connectivity index (χ0n) is 13.4. The van der Waals surface area contributed by atoms with Gasteiger partial charge in [-0.15, -0.1) is 11.3 Å². The van der Waals surface area contributed by atoms with Crippen LogP contribution in [0.5, 0.6) is 5.75 Å². The van der Waals surface area contributed by atoms with E-state index in [0.29, 0.717) is 10.5 Å². The number of phenols is 1. The highest BCUT2D eigenvalue weighted by atomic mass is 79.9. The monoisotopic (exact) mass is 424 g/mol. The SMILES string of the molecule is O=C(Nc1nc(-c2ccc(Br)cc2)cs1)c1ccc2ccccc2c1O. The number of nitrogens with one attached hydrogen (secondary N) is 1. The van der Waals surface area contributed by atoms with Crippen molar-refractivity contribution in [2.24, 2.45) is 0 Å². The topological polar surface area (TPSA) is 62.2 Å². The number of aromatic hydroxyl groups is 1. The molecular weight excluding hydrogens is 412 g/mol. The number of nitrogens with zero attached hydrogens (tertiary/aromatic N) is 1. The van der Waals surface area contributed by atoms with Crippen LogP contribution < -0.4 is 5.32 Å². The zero-order chi connectivity index (χ0) is 18.1. The summed E-state index contributed by atoms with van der Waals surface area (Å²) in [5.74, 6) is -0.407. The first-order valence-corrected chi connectivity index (χ1v) is 9.52. The number of carbonyl (C=O) groups excluding carboxylic acids is 1. The Balaban J connectivity index is 1.59. The van der Waals surface area contributed by atoms with E-state index in [1.165, 1.54) is 11.3 Å². The van der Waals surface area contributed by atoms with E-state index in [-0.39, 0.29) is 17.2 Å². The summed E-state index contributed by atoms with van der Waals surface area (Å²) in [5, 5.41) is 17.1. The van der Waals surface area contributed by atoms with E-state index in [0.717, 1.165) is 21.1 Å². The number of phenolic OH excluding ortho intramolecular Hbond substituents is 1. The van der Waals surface area contributed by atoms with Crippen molar-refractivity contribution in [1.29, 1.82) is 0 Å². The quantitative estimate of drug-likeness (QED) is 0.444. The van der Waals surface area contributed by atoms with Gasteiger partial charge in [0, 0.05) is 20.8 Å². The van der Waals surface area contributed by atoms with Gasteiger partial charge in [-0.3, -0.25) is 10.1 Å². The van der Waals surface area contributed by atoms with Crippen molar-refractivity contribution in [2.45, 2.75) is 0 Å². The van der Waals surface area contributed by atoms with E-state index in [1.54, 1.807) is 12.1 Å². The summed E-state index contributed by atoms with van der Waals surface area (Å²) >= 11 is 4.75. The minimum atomic E-state index is -0.384. The summed E-state index contributed by atoms with van der Waals surface area (Å²) in [4.78, 5) is 17.0. The van der Waals surface area contributed by atoms with Crippen LogP contribution in [0.1, 0.15) is 10.4 Å². The first kappa shape index (κ1) is 16.8. The summed E-state index contributed by atoms with van der Waals surface area (Å²) in [6.45, 7) is 0. The number of rotatable bonds is 3. The van der Waals surface area contributed by atoms with Crippen LogP contribution >= 0.6 is 27.3 Å². The first-order valence-electron chi connectivity index (χ1n) is 7.85. The Hall–Kier alpha value is -2.70. The molecule has 26 heavy (non-hydrogen) atoms. The van der Waals surface area contributed by atoms with Gasteiger partial charge in [-0.2, -0.15) is 0 Å². The third kappa shape index (κ3) is 3.21. The van der Waals surface area contributed by atoms with Crippen LogP contribution in [-0.2, 0) is 0 Å². The number of aromatic nitrogens is 1. The number of fused-ring (bicyclic) bond motifs is 1. The van der Waals surface area contributed by atoms with Crippen LogP contribution in [0, 0.1) is 0 Å². The number of thiazole rings is 1. The second-order valence-corrected chi connectivity index (χ2v) is 7.46. The number of anilines is 1. The fourth-order valence-electron chi connectivity index (χ4n) is 2.69. The molecule has 1 aromatic heterocycles. The highest BCUT2D eigenvalue weighted by Gasteiger charge is 2.15. The fourth-order valence-corrected chi connectivity index (χ4v) is 3.67. The van der Waals surface area contributed by atoms with Gasteiger partial charge < -0.3 is 5.11 Å². The van der Waals surface area contributed by atoms with E-state index in [9.17, 15) is 9.90 Å². The third-order valence-corrected chi connectivity index (χ3v) is 5.30. The second-order valence-electron chi connectivity index (χ2n) is 5.68. The smallest absolute Gasteiger partial charge is 0.261 e. The van der Waals surface area contributed by atoms with Crippen molar-refractivity contribution >= 4 is 49.1 Å². The van der Waals surface area contributed by atoms with E-state index in [2.05, 4.69) is 26.2 Å². The van der Waals surface area contributed by atoms with Gasteiger partial charge >= 0.3 is 0 Å². The Labute approximate surface area is 162 Å². The number of benzene rings is 3. The van der Waals surface area contributed by atoms with Gasteiger partial charge in [0.05, 0.1) is 11.3 Å². The molecular formula is C20H13BrN2O2S. The third-order valence-electron chi connectivity index (χ3n) is 4.01. The number of halogens is 1. The maximum absolute atomic E-state index is 12.6. The van der Waals surface area contributed by atoms with Crippen molar-refractivity contribution in [3.8, 4) is 17.0 Å². The normalized spacial score (nSPS) is 10.8. The van der Waals surface area contributed by atoms with Gasteiger partial charge in [0.25, 0.3) is 5.91 Å². The largest absolute Gasteiger partial charge is 0.506 e. The molecule has 0 fully saturated rings. The minimum absolute atomic E-state index is 0.0229.